The number of benzene rings is 1. The van der Waals surface area contributed by atoms with E-state index in [2.05, 4.69) is 17.2 Å². The van der Waals surface area contributed by atoms with Gasteiger partial charge < -0.3 is 10.2 Å². The molecule has 2 atom stereocenters. The van der Waals surface area contributed by atoms with Gasteiger partial charge in [-0.1, -0.05) is 18.3 Å². The molecule has 2 heterocycles. The summed E-state index contributed by atoms with van der Waals surface area (Å²) < 4.78 is 12.8. The lowest BCUT2D eigenvalue weighted by Gasteiger charge is -2.24. The fourth-order valence-corrected chi connectivity index (χ4v) is 5.95. The predicted molar refractivity (Wildman–Crippen MR) is 116 cm³/mol. The molecule has 1 fully saturated rings. The molecular weight excluding hydrogens is 406 g/mol. The predicted octanol–water partition coefficient (Wildman–Crippen LogP) is 3.96. The highest BCUT2D eigenvalue weighted by Crippen LogP contribution is 2.42. The number of hydrogen-bond acceptors (Lipinski definition) is 5. The van der Waals surface area contributed by atoms with Crippen molar-refractivity contribution in [1.29, 1.82) is 0 Å². The van der Waals surface area contributed by atoms with Gasteiger partial charge >= 0.3 is 0 Å². The minimum absolute atomic E-state index is 0.00251. The van der Waals surface area contributed by atoms with Crippen molar-refractivity contribution in [2.24, 2.45) is 5.92 Å². The Morgan fingerprint density at radius 1 is 1.41 bits per heavy atom. The average molecular weight is 432 g/mol. The minimum Gasteiger partial charge on any atom is -0.331 e. The highest BCUT2D eigenvalue weighted by molar-refractivity contribution is 7.85. The van der Waals surface area contributed by atoms with Crippen LogP contribution in [0.3, 0.4) is 0 Å². The van der Waals surface area contributed by atoms with Gasteiger partial charge in [0.1, 0.15) is 0 Å². The van der Waals surface area contributed by atoms with E-state index >= 15 is 0 Å². The molecular formula is C21H25N3O3S2. The lowest BCUT2D eigenvalue weighted by Crippen LogP contribution is -2.34. The number of carbonyl (C=O) groups excluding carboxylic acids is 2. The van der Waals surface area contributed by atoms with Crippen molar-refractivity contribution in [2.45, 2.75) is 58.0 Å². The number of carbonyl (C=O) groups is 2. The maximum absolute atomic E-state index is 13.2. The molecule has 0 unspecified atom stereocenters. The van der Waals surface area contributed by atoms with Crippen LogP contribution in [0.2, 0.25) is 0 Å². The van der Waals surface area contributed by atoms with Crippen LogP contribution in [0.4, 0.5) is 5.13 Å². The van der Waals surface area contributed by atoms with Gasteiger partial charge in [0.05, 0.1) is 31.8 Å². The van der Waals surface area contributed by atoms with E-state index in [1.165, 1.54) is 31.1 Å². The first-order valence-electron chi connectivity index (χ1n) is 9.91. The number of amides is 2. The zero-order chi connectivity index (χ0) is 20.9. The second kappa shape index (κ2) is 7.65. The number of thiazole rings is 1. The number of nitrogens with one attached hydrogen (secondary N) is 1. The van der Waals surface area contributed by atoms with Crippen molar-refractivity contribution >= 4 is 39.1 Å². The second-order valence-corrected chi connectivity index (χ2v) is 10.5. The molecule has 2 amide bonds. The van der Waals surface area contributed by atoms with Crippen molar-refractivity contribution in [1.82, 2.24) is 9.88 Å². The van der Waals surface area contributed by atoms with Crippen molar-refractivity contribution < 1.29 is 13.8 Å². The standard InChI is InChI=1S/C21H25N3O3S2/c1-5-29(27)17-9-15(19-11(2)22-21(28-19)23-13(4)25)8-16-10-24(20(26)18(16)17)12(3)14-6-7-14/h8-9,12,14H,5-7,10H2,1-4H3,(H,22,23,25)/t12-,29-/m0/s1. The Labute approximate surface area is 177 Å². The largest absolute Gasteiger partial charge is 0.331 e. The monoisotopic (exact) mass is 431 g/mol. The van der Waals surface area contributed by atoms with E-state index in [1.807, 2.05) is 30.9 Å². The van der Waals surface area contributed by atoms with Crippen molar-refractivity contribution in [3.63, 3.8) is 0 Å². The molecule has 0 radical (unpaired) electrons. The average Bonchev–Trinajstić information content (AvgIpc) is 3.39. The zero-order valence-corrected chi connectivity index (χ0v) is 18.7. The summed E-state index contributed by atoms with van der Waals surface area (Å²) in [7, 11) is -1.24. The molecule has 1 aliphatic heterocycles. The smallest absolute Gasteiger partial charge is 0.255 e. The van der Waals surface area contributed by atoms with E-state index in [0.29, 0.717) is 33.8 Å². The molecule has 1 saturated carbocycles. The summed E-state index contributed by atoms with van der Waals surface area (Å²) >= 11 is 1.40. The molecule has 8 heteroatoms. The van der Waals surface area contributed by atoms with Gasteiger partial charge in [-0.2, -0.15) is 0 Å². The van der Waals surface area contributed by atoms with Gasteiger partial charge in [-0.05, 0) is 55.9 Å². The van der Waals surface area contributed by atoms with Gasteiger partial charge in [0, 0.05) is 25.3 Å². The molecule has 2 aromatic rings. The van der Waals surface area contributed by atoms with E-state index in [-0.39, 0.29) is 17.9 Å². The Morgan fingerprint density at radius 3 is 2.76 bits per heavy atom. The molecule has 154 valence electrons. The highest BCUT2D eigenvalue weighted by atomic mass is 32.2. The zero-order valence-electron chi connectivity index (χ0n) is 17.1. The maximum Gasteiger partial charge on any atom is 0.255 e. The first kappa shape index (κ1) is 20.2. The Hall–Kier alpha value is -2.06. The summed E-state index contributed by atoms with van der Waals surface area (Å²) in [6, 6.07) is 4.11. The lowest BCUT2D eigenvalue weighted by molar-refractivity contribution is -0.114. The summed E-state index contributed by atoms with van der Waals surface area (Å²) in [6.45, 7) is 7.89. The number of nitrogens with zero attached hydrogens (tertiary/aromatic N) is 2. The fourth-order valence-electron chi connectivity index (χ4n) is 3.94. The number of anilines is 1. The van der Waals surface area contributed by atoms with Crippen LogP contribution in [-0.4, -0.2) is 37.7 Å². The third-order valence-electron chi connectivity index (χ3n) is 5.64. The SMILES string of the molecule is CC[S@](=O)c1cc(-c2sc(NC(C)=O)nc2C)cc2c1C(=O)N([C@@H](C)C1CC1)C2. The lowest BCUT2D eigenvalue weighted by atomic mass is 10.0. The van der Waals surface area contributed by atoms with Crippen molar-refractivity contribution in [3.8, 4) is 10.4 Å². The maximum atomic E-state index is 13.2. The molecule has 1 aliphatic carbocycles. The molecule has 2 aliphatic rings. The van der Waals surface area contributed by atoms with Gasteiger partial charge in [-0.3, -0.25) is 13.8 Å². The van der Waals surface area contributed by atoms with Crippen LogP contribution in [-0.2, 0) is 22.1 Å². The van der Waals surface area contributed by atoms with E-state index in [9.17, 15) is 13.8 Å². The van der Waals surface area contributed by atoms with Crippen LogP contribution in [0.15, 0.2) is 17.0 Å². The minimum atomic E-state index is -1.24. The van der Waals surface area contributed by atoms with Gasteiger partial charge in [0.2, 0.25) is 5.91 Å². The fraction of sp³-hybridized carbons (Fsp3) is 0.476. The molecule has 1 aromatic heterocycles. The van der Waals surface area contributed by atoms with Gasteiger partial charge in [0.25, 0.3) is 5.91 Å². The van der Waals surface area contributed by atoms with Gasteiger partial charge in [-0.25, -0.2) is 4.98 Å². The highest BCUT2D eigenvalue weighted by Gasteiger charge is 2.40. The van der Waals surface area contributed by atoms with E-state index < -0.39 is 10.8 Å². The van der Waals surface area contributed by atoms with Crippen LogP contribution < -0.4 is 5.32 Å². The topological polar surface area (TPSA) is 79.4 Å². The molecule has 6 nitrogen and oxygen atoms in total. The van der Waals surface area contributed by atoms with Crippen LogP contribution in [0.25, 0.3) is 10.4 Å². The Morgan fingerprint density at radius 2 is 2.14 bits per heavy atom. The van der Waals surface area contributed by atoms with Gasteiger partial charge in [0.15, 0.2) is 5.13 Å². The molecule has 29 heavy (non-hydrogen) atoms. The van der Waals surface area contributed by atoms with Crippen LogP contribution in [0.1, 0.15) is 55.2 Å². The summed E-state index contributed by atoms with van der Waals surface area (Å²) in [6.07, 6.45) is 2.35. The summed E-state index contributed by atoms with van der Waals surface area (Å²) in [5, 5.41) is 3.28. The Kier molecular flexibility index (Phi) is 5.33. The Balaban J connectivity index is 1.78. The third kappa shape index (κ3) is 3.75. The molecule has 0 bridgehead atoms. The van der Waals surface area contributed by atoms with Crippen LogP contribution >= 0.6 is 11.3 Å². The van der Waals surface area contributed by atoms with Crippen molar-refractivity contribution in [3.05, 3.63) is 29.0 Å². The number of aryl methyl sites for hydroxylation is 1. The third-order valence-corrected chi connectivity index (χ3v) is 8.10. The second-order valence-electron chi connectivity index (χ2n) is 7.77. The molecule has 4 rings (SSSR count). The first-order chi connectivity index (χ1) is 13.8. The molecule has 0 spiro atoms. The van der Waals surface area contributed by atoms with Crippen LogP contribution in [0, 0.1) is 12.8 Å². The number of hydrogen-bond donors (Lipinski definition) is 1. The van der Waals surface area contributed by atoms with E-state index in [1.54, 1.807) is 0 Å². The molecule has 1 N–H and O–H groups in total. The van der Waals surface area contributed by atoms with Gasteiger partial charge in [-0.15, -0.1) is 0 Å². The van der Waals surface area contributed by atoms with Crippen molar-refractivity contribution in [2.75, 3.05) is 11.1 Å². The molecule has 0 saturated heterocycles. The summed E-state index contributed by atoms with van der Waals surface area (Å²) in [5.41, 5.74) is 3.26. The van der Waals surface area contributed by atoms with Crippen LogP contribution in [0.5, 0.6) is 0 Å². The number of aromatic nitrogens is 1. The summed E-state index contributed by atoms with van der Waals surface area (Å²) in [5.74, 6) is 0.877. The van der Waals surface area contributed by atoms with E-state index in [4.69, 9.17) is 0 Å². The summed E-state index contributed by atoms with van der Waals surface area (Å²) in [4.78, 5) is 32.5. The number of fused-ring (bicyclic) bond motifs is 1. The molecule has 1 aromatic carbocycles. The Bertz CT molecular complexity index is 1030. The first-order valence-corrected chi connectivity index (χ1v) is 12.0. The number of rotatable bonds is 6. The quantitative estimate of drug-likeness (QED) is 0.751. The van der Waals surface area contributed by atoms with E-state index in [0.717, 1.165) is 21.7 Å². The normalized spacial score (nSPS) is 17.9.